The maximum atomic E-state index is 13.1. The van der Waals surface area contributed by atoms with Crippen LogP contribution in [-0.4, -0.2) is 54.7 Å². The lowest BCUT2D eigenvalue weighted by atomic mass is 10.1. The van der Waals surface area contributed by atoms with Crippen LogP contribution in [0.1, 0.15) is 33.4 Å². The van der Waals surface area contributed by atoms with Crippen LogP contribution in [0.3, 0.4) is 0 Å². The van der Waals surface area contributed by atoms with Gasteiger partial charge in [-0.25, -0.2) is 13.4 Å². The molecule has 1 aromatic heterocycles. The van der Waals surface area contributed by atoms with Crippen molar-refractivity contribution in [2.45, 2.75) is 26.0 Å². The standard InChI is InChI=1S/C24H27N3O3S2/c1-3-19-9-11-21(12-10-19)23-25-18(2)22(31-23)24(28)26-13-15-27(16-14-26)32(29,30)17-20-7-5-4-6-8-20/h4-12H,3,13-17H2,1-2H3. The second kappa shape index (κ2) is 9.52. The third-order valence-electron chi connectivity index (χ3n) is 5.71. The van der Waals surface area contributed by atoms with Crippen LogP contribution < -0.4 is 0 Å². The van der Waals surface area contributed by atoms with E-state index in [2.05, 4.69) is 24.0 Å². The van der Waals surface area contributed by atoms with Crippen molar-refractivity contribution in [1.82, 2.24) is 14.2 Å². The fourth-order valence-corrected chi connectivity index (χ4v) is 6.35. The number of carbonyl (C=O) groups is 1. The number of piperazine rings is 1. The van der Waals surface area contributed by atoms with Gasteiger partial charge in [0.2, 0.25) is 10.0 Å². The molecule has 1 amide bonds. The quantitative estimate of drug-likeness (QED) is 0.548. The minimum absolute atomic E-state index is 0.0179. The number of hydrogen-bond acceptors (Lipinski definition) is 5. The molecule has 0 atom stereocenters. The summed E-state index contributed by atoms with van der Waals surface area (Å²) < 4.78 is 27.0. The molecule has 1 aliphatic heterocycles. The molecule has 8 heteroatoms. The van der Waals surface area contributed by atoms with Gasteiger partial charge in [0.25, 0.3) is 5.91 Å². The van der Waals surface area contributed by atoms with Gasteiger partial charge in [-0.2, -0.15) is 4.31 Å². The summed E-state index contributed by atoms with van der Waals surface area (Å²) in [5.74, 6) is -0.0906. The Balaban J connectivity index is 1.41. The first-order valence-electron chi connectivity index (χ1n) is 10.7. The van der Waals surface area contributed by atoms with E-state index in [0.29, 0.717) is 36.8 Å². The summed E-state index contributed by atoms with van der Waals surface area (Å²) >= 11 is 1.40. The Morgan fingerprint density at radius 3 is 2.25 bits per heavy atom. The van der Waals surface area contributed by atoms with E-state index in [1.165, 1.54) is 21.2 Å². The van der Waals surface area contributed by atoms with E-state index in [0.717, 1.165) is 22.6 Å². The highest BCUT2D eigenvalue weighted by Crippen LogP contribution is 2.29. The SMILES string of the molecule is CCc1ccc(-c2nc(C)c(C(=O)N3CCN(S(=O)(=O)Cc4ccccc4)CC3)s2)cc1. The molecule has 0 saturated carbocycles. The lowest BCUT2D eigenvalue weighted by Crippen LogP contribution is -2.50. The molecule has 0 N–H and O–H groups in total. The van der Waals surface area contributed by atoms with Crippen molar-refractivity contribution in [3.05, 3.63) is 76.3 Å². The number of benzene rings is 2. The van der Waals surface area contributed by atoms with Gasteiger partial charge in [-0.1, -0.05) is 61.5 Å². The van der Waals surface area contributed by atoms with E-state index in [4.69, 9.17) is 0 Å². The normalized spacial score (nSPS) is 15.1. The first-order valence-corrected chi connectivity index (χ1v) is 13.2. The highest BCUT2D eigenvalue weighted by molar-refractivity contribution is 7.88. The van der Waals surface area contributed by atoms with Crippen LogP contribution in [-0.2, 0) is 22.2 Å². The molecule has 1 saturated heterocycles. The van der Waals surface area contributed by atoms with Crippen LogP contribution >= 0.6 is 11.3 Å². The van der Waals surface area contributed by atoms with Crippen LogP contribution in [0.25, 0.3) is 10.6 Å². The van der Waals surface area contributed by atoms with Crippen molar-refractivity contribution in [2.75, 3.05) is 26.2 Å². The van der Waals surface area contributed by atoms with Gasteiger partial charge >= 0.3 is 0 Å². The average molecular weight is 470 g/mol. The Labute approximate surface area is 193 Å². The largest absolute Gasteiger partial charge is 0.335 e. The number of sulfonamides is 1. The van der Waals surface area contributed by atoms with E-state index in [1.807, 2.05) is 49.4 Å². The average Bonchev–Trinajstić information content (AvgIpc) is 3.20. The van der Waals surface area contributed by atoms with Gasteiger partial charge in [-0.05, 0) is 24.5 Å². The van der Waals surface area contributed by atoms with Crippen molar-refractivity contribution in [1.29, 1.82) is 0 Å². The van der Waals surface area contributed by atoms with Crippen LogP contribution in [0.15, 0.2) is 54.6 Å². The fraction of sp³-hybridized carbons (Fsp3) is 0.333. The molecule has 6 nitrogen and oxygen atoms in total. The smallest absolute Gasteiger partial charge is 0.265 e. The van der Waals surface area contributed by atoms with Crippen molar-refractivity contribution in [3.63, 3.8) is 0 Å². The molecule has 1 aliphatic rings. The summed E-state index contributed by atoms with van der Waals surface area (Å²) in [6.07, 6.45) is 0.980. The molecule has 0 unspecified atom stereocenters. The molecular weight excluding hydrogens is 442 g/mol. The highest BCUT2D eigenvalue weighted by atomic mass is 32.2. The monoisotopic (exact) mass is 469 g/mol. The van der Waals surface area contributed by atoms with Gasteiger partial charge in [0.1, 0.15) is 9.88 Å². The minimum Gasteiger partial charge on any atom is -0.335 e. The van der Waals surface area contributed by atoms with E-state index in [9.17, 15) is 13.2 Å². The second-order valence-corrected chi connectivity index (χ2v) is 10.9. The maximum Gasteiger partial charge on any atom is 0.265 e. The van der Waals surface area contributed by atoms with Gasteiger partial charge in [0.15, 0.2) is 0 Å². The van der Waals surface area contributed by atoms with Crippen molar-refractivity contribution in [2.24, 2.45) is 0 Å². The number of rotatable bonds is 6. The van der Waals surface area contributed by atoms with Crippen molar-refractivity contribution < 1.29 is 13.2 Å². The van der Waals surface area contributed by atoms with Gasteiger partial charge < -0.3 is 4.90 Å². The van der Waals surface area contributed by atoms with Crippen LogP contribution in [0.4, 0.5) is 0 Å². The minimum atomic E-state index is -3.41. The fourth-order valence-electron chi connectivity index (χ4n) is 3.79. The Bertz CT molecular complexity index is 1180. The number of amides is 1. The van der Waals surface area contributed by atoms with E-state index in [-0.39, 0.29) is 11.7 Å². The molecule has 168 valence electrons. The number of thiazole rings is 1. The summed E-state index contributed by atoms with van der Waals surface area (Å²) in [7, 11) is -3.41. The van der Waals surface area contributed by atoms with Gasteiger partial charge in [-0.15, -0.1) is 11.3 Å². The second-order valence-electron chi connectivity index (χ2n) is 7.92. The molecule has 2 heterocycles. The number of aromatic nitrogens is 1. The zero-order chi connectivity index (χ0) is 22.7. The zero-order valence-electron chi connectivity index (χ0n) is 18.3. The van der Waals surface area contributed by atoms with Crippen LogP contribution in [0.5, 0.6) is 0 Å². The Kier molecular flexibility index (Phi) is 6.74. The van der Waals surface area contributed by atoms with Crippen LogP contribution in [0, 0.1) is 6.92 Å². The number of hydrogen-bond donors (Lipinski definition) is 0. The zero-order valence-corrected chi connectivity index (χ0v) is 20.0. The van der Waals surface area contributed by atoms with Crippen LogP contribution in [0.2, 0.25) is 0 Å². The topological polar surface area (TPSA) is 70.6 Å². The molecule has 0 aliphatic carbocycles. The predicted molar refractivity (Wildman–Crippen MR) is 128 cm³/mol. The summed E-state index contributed by atoms with van der Waals surface area (Å²) in [5, 5.41) is 0.831. The molecule has 3 aromatic rings. The molecule has 0 radical (unpaired) electrons. The first-order chi connectivity index (χ1) is 15.4. The number of carbonyl (C=O) groups excluding carboxylic acids is 1. The van der Waals surface area contributed by atoms with Gasteiger partial charge in [0, 0.05) is 31.7 Å². The van der Waals surface area contributed by atoms with Crippen molar-refractivity contribution >= 4 is 27.3 Å². The highest BCUT2D eigenvalue weighted by Gasteiger charge is 2.30. The summed E-state index contributed by atoms with van der Waals surface area (Å²) in [4.78, 5) is 20.1. The molecule has 2 aromatic carbocycles. The van der Waals surface area contributed by atoms with E-state index >= 15 is 0 Å². The van der Waals surface area contributed by atoms with Gasteiger partial charge in [-0.3, -0.25) is 4.79 Å². The number of aryl methyl sites for hydroxylation is 2. The molecular formula is C24H27N3O3S2. The molecule has 1 fully saturated rings. The molecule has 4 rings (SSSR count). The summed E-state index contributed by atoms with van der Waals surface area (Å²) in [5.41, 5.74) is 3.75. The molecule has 0 bridgehead atoms. The molecule has 32 heavy (non-hydrogen) atoms. The molecule has 0 spiro atoms. The Morgan fingerprint density at radius 2 is 1.62 bits per heavy atom. The van der Waals surface area contributed by atoms with Gasteiger partial charge in [0.05, 0.1) is 11.4 Å². The predicted octanol–water partition coefficient (Wildman–Crippen LogP) is 3.97. The Hall–Kier alpha value is -2.55. The Morgan fingerprint density at radius 1 is 0.969 bits per heavy atom. The lowest BCUT2D eigenvalue weighted by Gasteiger charge is -2.33. The maximum absolute atomic E-state index is 13.1. The van der Waals surface area contributed by atoms with Crippen molar-refractivity contribution in [3.8, 4) is 10.6 Å². The van der Waals surface area contributed by atoms with E-state index in [1.54, 1.807) is 4.90 Å². The third-order valence-corrected chi connectivity index (χ3v) is 8.76. The van der Waals surface area contributed by atoms with E-state index < -0.39 is 10.0 Å². The lowest BCUT2D eigenvalue weighted by molar-refractivity contribution is 0.0701. The first kappa shape index (κ1) is 22.6. The third kappa shape index (κ3) is 4.92. The number of nitrogens with zero attached hydrogens (tertiary/aromatic N) is 3. The summed E-state index contributed by atoms with van der Waals surface area (Å²) in [6.45, 7) is 5.35. The summed E-state index contributed by atoms with van der Waals surface area (Å²) in [6, 6.07) is 17.4.